The van der Waals surface area contributed by atoms with Crippen molar-refractivity contribution in [2.75, 3.05) is 18.3 Å². The number of nitrogens with zero attached hydrogens (tertiary/aromatic N) is 3. The largest absolute Gasteiger partial charge is 1.00 e. The number of hydrogen-bond donors (Lipinski definition) is 2. The minimum absolute atomic E-state index is 0. The summed E-state index contributed by atoms with van der Waals surface area (Å²) in [4.78, 5) is 44.1. The molecule has 0 spiro atoms. The Morgan fingerprint density at radius 3 is 2.64 bits per heavy atom. The Hall–Kier alpha value is -1.29. The van der Waals surface area contributed by atoms with Crippen LogP contribution in [0.1, 0.15) is 12.6 Å². The van der Waals surface area contributed by atoms with Crippen molar-refractivity contribution in [2.24, 2.45) is 5.16 Å². The average Bonchev–Trinajstić information content (AvgIpc) is 3.04. The third-order valence-corrected chi connectivity index (χ3v) is 5.37. The van der Waals surface area contributed by atoms with E-state index in [9.17, 15) is 27.4 Å². The number of carbonyl (C=O) groups excluding carboxylic acids is 3. The molecule has 1 aliphatic rings. The SMILES string of the molecule is CO/N=C(\C(=O)N[C@H]1C(=O)N(S(=O)(=O)[O-])[C@H]1C)c1csc(NC(=O)CCl)n1.[Na+]. The van der Waals surface area contributed by atoms with Crippen molar-refractivity contribution in [3.63, 3.8) is 0 Å². The normalized spacial score (nSPS) is 19.4. The first-order valence-electron chi connectivity index (χ1n) is 7.13. The van der Waals surface area contributed by atoms with E-state index in [0.29, 0.717) is 0 Å². The minimum Gasteiger partial charge on any atom is -0.731 e. The van der Waals surface area contributed by atoms with Gasteiger partial charge in [-0.3, -0.25) is 14.4 Å². The molecule has 0 bridgehead atoms. The molecule has 1 fully saturated rings. The molecule has 2 N–H and O–H groups in total. The van der Waals surface area contributed by atoms with Crippen molar-refractivity contribution in [2.45, 2.75) is 19.0 Å². The number of hydrogen-bond acceptors (Lipinski definition) is 10. The van der Waals surface area contributed by atoms with Gasteiger partial charge in [-0.15, -0.1) is 22.9 Å². The zero-order valence-corrected chi connectivity index (χ0v) is 19.2. The van der Waals surface area contributed by atoms with Crippen LogP contribution in [0.3, 0.4) is 0 Å². The van der Waals surface area contributed by atoms with Crippen LogP contribution in [0.25, 0.3) is 0 Å². The fourth-order valence-electron chi connectivity index (χ4n) is 2.19. The number of thiazole rings is 1. The van der Waals surface area contributed by atoms with E-state index in [0.717, 1.165) is 11.3 Å². The third kappa shape index (κ3) is 5.40. The Labute approximate surface area is 190 Å². The molecule has 1 aliphatic heterocycles. The van der Waals surface area contributed by atoms with Gasteiger partial charge in [0.25, 0.3) is 11.8 Å². The molecule has 0 aliphatic carbocycles. The molecule has 1 saturated heterocycles. The minimum atomic E-state index is -4.96. The van der Waals surface area contributed by atoms with Gasteiger partial charge in [-0.25, -0.2) is 17.7 Å². The van der Waals surface area contributed by atoms with Crippen LogP contribution >= 0.6 is 22.9 Å². The van der Waals surface area contributed by atoms with E-state index >= 15 is 0 Å². The second kappa shape index (κ2) is 9.96. The number of alkyl halides is 1. The topological polar surface area (TPSA) is 170 Å². The maximum absolute atomic E-state index is 12.4. The molecule has 2 rings (SSSR count). The van der Waals surface area contributed by atoms with Crippen LogP contribution < -0.4 is 40.2 Å². The van der Waals surface area contributed by atoms with E-state index in [4.69, 9.17) is 11.6 Å². The van der Waals surface area contributed by atoms with Gasteiger partial charge in [0.15, 0.2) is 21.1 Å². The molecule has 0 aromatic carbocycles. The number of rotatable bonds is 7. The van der Waals surface area contributed by atoms with E-state index < -0.39 is 40.1 Å². The summed E-state index contributed by atoms with van der Waals surface area (Å²) in [5.74, 6) is -2.73. The number of anilines is 1. The Balaban J connectivity index is 0.00000392. The monoisotopic (exact) mass is 461 g/mol. The summed E-state index contributed by atoms with van der Waals surface area (Å²) < 4.78 is 33.1. The molecule has 0 unspecified atom stereocenters. The average molecular weight is 462 g/mol. The van der Waals surface area contributed by atoms with Crippen molar-refractivity contribution in [3.8, 4) is 0 Å². The van der Waals surface area contributed by atoms with E-state index in [2.05, 4.69) is 25.6 Å². The predicted molar refractivity (Wildman–Crippen MR) is 92.9 cm³/mol. The fourth-order valence-corrected chi connectivity index (χ4v) is 3.83. The van der Waals surface area contributed by atoms with E-state index in [1.165, 1.54) is 19.4 Å². The molecule has 1 aromatic heterocycles. The standard InChI is InChI=1S/C12H14ClN5O7S2.Na/c1-5-8(11(21)18(5)27(22,23)24)16-10(20)9(17-25-2)6-4-26-12(14-6)15-7(19)3-13;/h4-5,8H,3H2,1-2H3,(H,16,20)(H,14,15,19)(H,22,23,24);/q;+1/p-1/b17-9-;/t5-,8+;/m0./s1. The predicted octanol–water partition coefficient (Wildman–Crippen LogP) is -4.15. The summed E-state index contributed by atoms with van der Waals surface area (Å²) >= 11 is 6.37. The van der Waals surface area contributed by atoms with Crippen LogP contribution in [0.5, 0.6) is 0 Å². The molecule has 2 atom stereocenters. The van der Waals surface area contributed by atoms with Gasteiger partial charge in [0, 0.05) is 5.38 Å². The van der Waals surface area contributed by atoms with Gasteiger partial charge >= 0.3 is 29.6 Å². The molecule has 2 heterocycles. The van der Waals surface area contributed by atoms with Gasteiger partial charge < -0.3 is 20.0 Å². The van der Waals surface area contributed by atoms with Gasteiger partial charge in [-0.05, 0) is 6.92 Å². The number of aromatic nitrogens is 1. The van der Waals surface area contributed by atoms with Gasteiger partial charge in [-0.2, -0.15) is 0 Å². The summed E-state index contributed by atoms with van der Waals surface area (Å²) in [5, 5.41) is 9.77. The number of halogens is 1. The summed E-state index contributed by atoms with van der Waals surface area (Å²) in [5.41, 5.74) is -0.277. The third-order valence-electron chi connectivity index (χ3n) is 3.38. The summed E-state index contributed by atoms with van der Waals surface area (Å²) in [6.07, 6.45) is 0. The molecule has 3 amide bonds. The van der Waals surface area contributed by atoms with Crippen LogP contribution in [0, 0.1) is 0 Å². The molecule has 1 aromatic rings. The zero-order chi connectivity index (χ0) is 20.4. The van der Waals surface area contributed by atoms with Gasteiger partial charge in [-0.1, -0.05) is 5.16 Å². The van der Waals surface area contributed by atoms with Crippen LogP contribution in [-0.4, -0.2) is 70.8 Å². The summed E-state index contributed by atoms with van der Waals surface area (Å²) in [7, 11) is -3.78. The summed E-state index contributed by atoms with van der Waals surface area (Å²) in [6, 6.07) is -2.28. The first-order valence-corrected chi connectivity index (χ1v) is 9.91. The number of amides is 3. The van der Waals surface area contributed by atoms with Gasteiger partial charge in [0.1, 0.15) is 24.7 Å². The maximum Gasteiger partial charge on any atom is 1.00 e. The Morgan fingerprint density at radius 2 is 2.14 bits per heavy atom. The molecule has 28 heavy (non-hydrogen) atoms. The van der Waals surface area contributed by atoms with Crippen molar-refractivity contribution in [1.82, 2.24) is 14.6 Å². The van der Waals surface area contributed by atoms with Crippen LogP contribution in [-0.2, 0) is 29.5 Å². The Kier molecular flexibility index (Phi) is 8.80. The van der Waals surface area contributed by atoms with Crippen LogP contribution in [0.15, 0.2) is 10.5 Å². The van der Waals surface area contributed by atoms with Crippen molar-refractivity contribution in [1.29, 1.82) is 0 Å². The second-order valence-corrected chi connectivity index (χ2v) is 7.50. The fraction of sp³-hybridized carbons (Fsp3) is 0.417. The number of β-lactam (4-membered cyclic amide) rings is 1. The molecule has 148 valence electrons. The first kappa shape index (κ1) is 24.7. The van der Waals surface area contributed by atoms with Crippen molar-refractivity contribution in [3.05, 3.63) is 11.1 Å². The molecular weight excluding hydrogens is 449 g/mol. The smallest absolute Gasteiger partial charge is 0.731 e. The quantitative estimate of drug-likeness (QED) is 0.103. The van der Waals surface area contributed by atoms with E-state index in [1.807, 2.05) is 0 Å². The first-order chi connectivity index (χ1) is 12.6. The zero-order valence-electron chi connectivity index (χ0n) is 14.8. The molecule has 0 saturated carbocycles. The van der Waals surface area contributed by atoms with Crippen LogP contribution in [0.2, 0.25) is 0 Å². The number of nitrogens with one attached hydrogen (secondary N) is 2. The Morgan fingerprint density at radius 1 is 1.50 bits per heavy atom. The molecular formula is C12H13ClN5NaO7S2. The van der Waals surface area contributed by atoms with Gasteiger partial charge in [0.05, 0.1) is 6.04 Å². The number of oxime groups is 1. The molecule has 0 radical (unpaired) electrons. The molecule has 16 heteroatoms. The maximum atomic E-state index is 12.4. The van der Waals surface area contributed by atoms with Gasteiger partial charge in [0.2, 0.25) is 5.91 Å². The van der Waals surface area contributed by atoms with Crippen molar-refractivity contribution < 1.29 is 61.7 Å². The summed E-state index contributed by atoms with van der Waals surface area (Å²) in [6.45, 7) is 1.29. The van der Waals surface area contributed by atoms with Crippen LogP contribution in [0.4, 0.5) is 5.13 Å². The molecule has 12 nitrogen and oxygen atoms in total. The Bertz CT molecular complexity index is 906. The van der Waals surface area contributed by atoms with E-state index in [-0.39, 0.29) is 56.3 Å². The van der Waals surface area contributed by atoms with Crippen molar-refractivity contribution >= 4 is 61.8 Å². The van der Waals surface area contributed by atoms with E-state index in [1.54, 1.807) is 0 Å². The second-order valence-electron chi connectivity index (χ2n) is 5.13. The number of carbonyl (C=O) groups is 3.